The molecule has 1 heterocycles. The molecule has 0 unspecified atom stereocenters. The van der Waals surface area contributed by atoms with Gasteiger partial charge in [-0.05, 0) is 24.0 Å². The van der Waals surface area contributed by atoms with Crippen molar-refractivity contribution in [1.29, 1.82) is 0 Å². The topological polar surface area (TPSA) is 55.1 Å². The summed E-state index contributed by atoms with van der Waals surface area (Å²) in [6, 6.07) is 10.4. The minimum absolute atomic E-state index is 0.0315. The van der Waals surface area contributed by atoms with Crippen molar-refractivity contribution in [3.63, 3.8) is 0 Å². The summed E-state index contributed by atoms with van der Waals surface area (Å²) in [6.45, 7) is 6.18. The molecule has 1 aromatic carbocycles. The number of aromatic nitrogens is 1. The number of anilines is 1. The van der Waals surface area contributed by atoms with Gasteiger partial charge in [0.25, 0.3) is 0 Å². The van der Waals surface area contributed by atoms with Crippen LogP contribution in [0.25, 0.3) is 0 Å². The fourth-order valence-electron chi connectivity index (χ4n) is 1.98. The fraction of sp³-hybridized carbons (Fsp3) is 0.412. The lowest BCUT2D eigenvalue weighted by Gasteiger charge is -2.07. The van der Waals surface area contributed by atoms with Crippen LogP contribution >= 0.6 is 11.8 Å². The molecule has 5 heteroatoms. The Labute approximate surface area is 135 Å². The van der Waals surface area contributed by atoms with Crippen molar-refractivity contribution in [3.8, 4) is 0 Å². The number of hydrogen-bond acceptors (Lipinski definition) is 4. The van der Waals surface area contributed by atoms with Gasteiger partial charge in [-0.1, -0.05) is 43.3 Å². The zero-order valence-corrected chi connectivity index (χ0v) is 14.1. The van der Waals surface area contributed by atoms with Crippen LogP contribution in [0, 0.1) is 6.92 Å². The van der Waals surface area contributed by atoms with Crippen molar-refractivity contribution in [3.05, 3.63) is 47.2 Å². The average Bonchev–Trinajstić information content (AvgIpc) is 2.89. The molecule has 0 saturated carbocycles. The van der Waals surface area contributed by atoms with E-state index in [9.17, 15) is 4.79 Å². The molecule has 0 radical (unpaired) electrons. The molecule has 0 bridgehead atoms. The van der Waals surface area contributed by atoms with Crippen molar-refractivity contribution in [2.24, 2.45) is 0 Å². The van der Waals surface area contributed by atoms with Crippen molar-refractivity contribution >= 4 is 23.5 Å². The summed E-state index contributed by atoms with van der Waals surface area (Å²) in [5.41, 5.74) is 2.65. The lowest BCUT2D eigenvalue weighted by molar-refractivity contribution is -0.115. The molecule has 0 atom stereocenters. The van der Waals surface area contributed by atoms with Crippen LogP contribution in [0.2, 0.25) is 0 Å². The van der Waals surface area contributed by atoms with Crippen LogP contribution < -0.4 is 5.32 Å². The standard InChI is InChI=1S/C17H22N2O2S/c1-12(2)15-6-4-14(5-7-15)11-22-9-8-17(20)18-16-10-13(3)21-19-16/h4-7,10,12H,8-9,11H2,1-3H3,(H,18,19,20). The zero-order chi connectivity index (χ0) is 15.9. The second-order valence-electron chi connectivity index (χ2n) is 5.57. The number of nitrogens with zero attached hydrogens (tertiary/aromatic N) is 1. The van der Waals surface area contributed by atoms with Gasteiger partial charge in [-0.15, -0.1) is 0 Å². The van der Waals surface area contributed by atoms with E-state index in [0.717, 1.165) is 11.5 Å². The molecule has 0 aliphatic rings. The Morgan fingerprint density at radius 2 is 2.05 bits per heavy atom. The van der Waals surface area contributed by atoms with Crippen LogP contribution in [0.15, 0.2) is 34.9 Å². The Morgan fingerprint density at radius 1 is 1.32 bits per heavy atom. The van der Waals surface area contributed by atoms with E-state index in [-0.39, 0.29) is 5.91 Å². The van der Waals surface area contributed by atoms with Gasteiger partial charge >= 0.3 is 0 Å². The van der Waals surface area contributed by atoms with Gasteiger partial charge in [-0.3, -0.25) is 4.79 Å². The Bertz CT molecular complexity index is 605. The SMILES string of the molecule is Cc1cc(NC(=O)CCSCc2ccc(C(C)C)cc2)no1. The summed E-state index contributed by atoms with van der Waals surface area (Å²) in [5.74, 6) is 3.41. The Hall–Kier alpha value is -1.75. The lowest BCUT2D eigenvalue weighted by Crippen LogP contribution is -2.12. The molecular formula is C17H22N2O2S. The maximum atomic E-state index is 11.7. The third kappa shape index (κ3) is 5.22. The molecule has 2 aromatic rings. The Balaban J connectivity index is 1.67. The summed E-state index contributed by atoms with van der Waals surface area (Å²) < 4.78 is 4.91. The minimum Gasteiger partial charge on any atom is -0.360 e. The minimum atomic E-state index is -0.0315. The summed E-state index contributed by atoms with van der Waals surface area (Å²) in [5, 5.41) is 6.46. The molecule has 0 spiro atoms. The highest BCUT2D eigenvalue weighted by Gasteiger charge is 2.06. The highest BCUT2D eigenvalue weighted by molar-refractivity contribution is 7.98. The van der Waals surface area contributed by atoms with Crippen molar-refractivity contribution in [2.75, 3.05) is 11.1 Å². The summed E-state index contributed by atoms with van der Waals surface area (Å²) in [4.78, 5) is 11.7. The summed E-state index contributed by atoms with van der Waals surface area (Å²) in [7, 11) is 0. The second kappa shape index (κ2) is 8.03. The number of benzene rings is 1. The van der Waals surface area contributed by atoms with Crippen molar-refractivity contribution < 1.29 is 9.32 Å². The first-order chi connectivity index (χ1) is 10.5. The van der Waals surface area contributed by atoms with Crippen LogP contribution in [0.3, 0.4) is 0 Å². The average molecular weight is 318 g/mol. The largest absolute Gasteiger partial charge is 0.360 e. The molecular weight excluding hydrogens is 296 g/mol. The molecule has 118 valence electrons. The zero-order valence-electron chi connectivity index (χ0n) is 13.3. The van der Waals surface area contributed by atoms with E-state index in [0.29, 0.717) is 23.9 Å². The van der Waals surface area contributed by atoms with Gasteiger partial charge in [-0.25, -0.2) is 0 Å². The Kier molecular flexibility index (Phi) is 6.07. The molecule has 1 N–H and O–H groups in total. The fourth-order valence-corrected chi connectivity index (χ4v) is 2.89. The highest BCUT2D eigenvalue weighted by Crippen LogP contribution is 2.18. The van der Waals surface area contributed by atoms with Gasteiger partial charge in [0.15, 0.2) is 5.82 Å². The third-order valence-corrected chi connectivity index (χ3v) is 4.31. The van der Waals surface area contributed by atoms with Crippen LogP contribution in [0.5, 0.6) is 0 Å². The van der Waals surface area contributed by atoms with Gasteiger partial charge in [-0.2, -0.15) is 11.8 Å². The first-order valence-electron chi connectivity index (χ1n) is 7.44. The number of hydrogen-bond donors (Lipinski definition) is 1. The van der Waals surface area contributed by atoms with E-state index >= 15 is 0 Å². The molecule has 2 rings (SSSR count). The van der Waals surface area contributed by atoms with Gasteiger partial charge in [0.05, 0.1) is 0 Å². The monoisotopic (exact) mass is 318 g/mol. The predicted octanol–water partition coefficient (Wildman–Crippen LogP) is 4.37. The van der Waals surface area contributed by atoms with E-state index in [1.54, 1.807) is 24.8 Å². The molecule has 1 amide bonds. The van der Waals surface area contributed by atoms with Gasteiger partial charge < -0.3 is 9.84 Å². The lowest BCUT2D eigenvalue weighted by atomic mass is 10.0. The highest BCUT2D eigenvalue weighted by atomic mass is 32.2. The second-order valence-corrected chi connectivity index (χ2v) is 6.68. The number of amides is 1. The predicted molar refractivity (Wildman–Crippen MR) is 91.2 cm³/mol. The van der Waals surface area contributed by atoms with E-state index in [4.69, 9.17) is 4.52 Å². The first-order valence-corrected chi connectivity index (χ1v) is 8.60. The van der Waals surface area contributed by atoms with Crippen molar-refractivity contribution in [1.82, 2.24) is 5.16 Å². The van der Waals surface area contributed by atoms with E-state index in [1.165, 1.54) is 11.1 Å². The maximum Gasteiger partial charge on any atom is 0.226 e. The first kappa shape index (κ1) is 16.6. The third-order valence-electron chi connectivity index (χ3n) is 3.28. The van der Waals surface area contributed by atoms with Crippen LogP contribution in [0.4, 0.5) is 5.82 Å². The van der Waals surface area contributed by atoms with E-state index < -0.39 is 0 Å². The molecule has 22 heavy (non-hydrogen) atoms. The molecule has 0 aliphatic carbocycles. The number of carbonyl (C=O) groups is 1. The van der Waals surface area contributed by atoms with E-state index in [2.05, 4.69) is 48.6 Å². The smallest absolute Gasteiger partial charge is 0.226 e. The number of rotatable bonds is 7. The molecule has 0 aliphatic heterocycles. The molecule has 0 saturated heterocycles. The van der Waals surface area contributed by atoms with E-state index in [1.807, 2.05) is 0 Å². The number of aryl methyl sites for hydroxylation is 1. The van der Waals surface area contributed by atoms with Gasteiger partial charge in [0.2, 0.25) is 5.91 Å². The number of nitrogens with one attached hydrogen (secondary N) is 1. The normalized spacial score (nSPS) is 10.9. The van der Waals surface area contributed by atoms with Gasteiger partial charge in [0.1, 0.15) is 5.76 Å². The number of carbonyl (C=O) groups excluding carboxylic acids is 1. The summed E-state index contributed by atoms with van der Waals surface area (Å²) >= 11 is 1.76. The Morgan fingerprint density at radius 3 is 2.64 bits per heavy atom. The van der Waals surface area contributed by atoms with Gasteiger partial charge in [0, 0.05) is 24.0 Å². The molecule has 4 nitrogen and oxygen atoms in total. The summed E-state index contributed by atoms with van der Waals surface area (Å²) in [6.07, 6.45) is 0.473. The number of thioether (sulfide) groups is 1. The van der Waals surface area contributed by atoms with Crippen molar-refractivity contribution in [2.45, 2.75) is 38.9 Å². The molecule has 0 fully saturated rings. The van der Waals surface area contributed by atoms with Crippen LogP contribution in [-0.4, -0.2) is 16.8 Å². The molecule has 1 aromatic heterocycles. The van der Waals surface area contributed by atoms with Crippen LogP contribution in [0.1, 0.15) is 43.1 Å². The maximum absolute atomic E-state index is 11.7. The quantitative estimate of drug-likeness (QED) is 0.770. The van der Waals surface area contributed by atoms with Crippen LogP contribution in [-0.2, 0) is 10.5 Å².